The number of carbonyl (C=O) groups is 2. The summed E-state index contributed by atoms with van der Waals surface area (Å²) >= 11 is 6.04. The van der Waals surface area contributed by atoms with Gasteiger partial charge < -0.3 is 14.8 Å². The highest BCUT2D eigenvalue weighted by Gasteiger charge is 2.30. The Kier molecular flexibility index (Phi) is 9.68. The van der Waals surface area contributed by atoms with Crippen LogP contribution >= 0.6 is 11.6 Å². The summed E-state index contributed by atoms with van der Waals surface area (Å²) in [4.78, 5) is 33.3. The van der Waals surface area contributed by atoms with E-state index in [9.17, 15) is 14.9 Å². The number of carbonyl (C=O) groups excluding carboxylic acids is 2. The molecule has 3 aromatic rings. The first-order valence-corrected chi connectivity index (χ1v) is 15.3. The number of anilines is 1. The molecule has 4 rings (SSSR count). The number of likely N-dealkylation sites (tertiary alicyclic amines) is 1. The minimum absolute atomic E-state index is 0.128. The van der Waals surface area contributed by atoms with Crippen LogP contribution in [0.15, 0.2) is 54.1 Å². The van der Waals surface area contributed by atoms with Gasteiger partial charge in [0.25, 0.3) is 11.8 Å². The number of imidazole rings is 1. The summed E-state index contributed by atoms with van der Waals surface area (Å²) in [6.45, 7) is 16.4. The average molecular weight is 603 g/mol. The van der Waals surface area contributed by atoms with Crippen molar-refractivity contribution in [3.63, 3.8) is 0 Å². The van der Waals surface area contributed by atoms with Gasteiger partial charge in [0.1, 0.15) is 11.6 Å². The molecule has 0 bridgehead atoms. The van der Waals surface area contributed by atoms with E-state index >= 15 is 0 Å². The average Bonchev–Trinajstić information content (AvgIpc) is 3.30. The van der Waals surface area contributed by atoms with Crippen LogP contribution in [0.3, 0.4) is 0 Å². The number of aromatic nitrogens is 2. The standard InChI is InChI=1S/C34H43ClN6O2/c1-22(34(5,6)7)37-20-23-10-15-29-28(17-23)38-32(39-30(42)24-11-13-26(35)14-12-24)41(29)27-9-8-16-40(21-27)31(43)25(19-36)18-33(2,3)4/h10-15,17-18,22,27,37H,8-9,16,20-21H2,1-7H3,(H,38,39,42). The lowest BCUT2D eigenvalue weighted by molar-refractivity contribution is -0.128. The molecule has 0 aliphatic carbocycles. The van der Waals surface area contributed by atoms with E-state index in [1.165, 1.54) is 0 Å². The van der Waals surface area contributed by atoms with Gasteiger partial charge in [0.15, 0.2) is 0 Å². The van der Waals surface area contributed by atoms with Crippen molar-refractivity contribution in [1.82, 2.24) is 19.8 Å². The smallest absolute Gasteiger partial charge is 0.264 e. The fraction of sp³-hybridized carbons (Fsp3) is 0.471. The molecule has 2 aromatic carbocycles. The second-order valence-electron chi connectivity index (χ2n) is 13.6. The molecule has 2 amide bonds. The van der Waals surface area contributed by atoms with Crippen LogP contribution in [0.4, 0.5) is 5.95 Å². The third-order valence-corrected chi connectivity index (χ3v) is 8.23. The van der Waals surface area contributed by atoms with Gasteiger partial charge in [-0.25, -0.2) is 4.98 Å². The second-order valence-corrected chi connectivity index (χ2v) is 14.1. The lowest BCUT2D eigenvalue weighted by atomic mass is 9.88. The van der Waals surface area contributed by atoms with Crippen LogP contribution in [-0.2, 0) is 11.3 Å². The van der Waals surface area contributed by atoms with Gasteiger partial charge in [-0.2, -0.15) is 5.26 Å². The van der Waals surface area contributed by atoms with Gasteiger partial charge in [0, 0.05) is 36.3 Å². The van der Waals surface area contributed by atoms with Gasteiger partial charge in [-0.15, -0.1) is 0 Å². The SMILES string of the molecule is CC(NCc1ccc2c(c1)nc(NC(=O)c1ccc(Cl)cc1)n2C1CCCN(C(=O)C(C#N)=CC(C)(C)C)C1)C(C)(C)C. The molecule has 2 N–H and O–H groups in total. The zero-order valence-corrected chi connectivity index (χ0v) is 27.0. The first kappa shape index (κ1) is 32.2. The Bertz CT molecular complexity index is 1550. The topological polar surface area (TPSA) is 103 Å². The first-order chi connectivity index (χ1) is 20.2. The van der Waals surface area contributed by atoms with Crippen LogP contribution in [0.1, 0.15) is 83.3 Å². The Morgan fingerprint density at radius 3 is 2.47 bits per heavy atom. The van der Waals surface area contributed by atoms with Crippen molar-refractivity contribution in [3.8, 4) is 6.07 Å². The van der Waals surface area contributed by atoms with Gasteiger partial charge in [-0.05, 0) is 72.6 Å². The predicted octanol–water partition coefficient (Wildman–Crippen LogP) is 7.13. The van der Waals surface area contributed by atoms with Crippen LogP contribution in [-0.4, -0.2) is 45.4 Å². The van der Waals surface area contributed by atoms with Crippen molar-refractivity contribution in [2.75, 3.05) is 18.4 Å². The third kappa shape index (κ3) is 8.04. The van der Waals surface area contributed by atoms with E-state index in [0.717, 1.165) is 29.4 Å². The predicted molar refractivity (Wildman–Crippen MR) is 173 cm³/mol. The third-order valence-electron chi connectivity index (χ3n) is 7.97. The van der Waals surface area contributed by atoms with E-state index in [4.69, 9.17) is 16.6 Å². The fourth-order valence-electron chi connectivity index (χ4n) is 5.16. The molecule has 9 heteroatoms. The first-order valence-electron chi connectivity index (χ1n) is 14.9. The molecule has 1 aliphatic rings. The van der Waals surface area contributed by atoms with Crippen LogP contribution in [0, 0.1) is 22.2 Å². The van der Waals surface area contributed by atoms with E-state index in [-0.39, 0.29) is 34.3 Å². The zero-order chi connectivity index (χ0) is 31.5. The molecule has 2 unspecified atom stereocenters. The molecule has 2 atom stereocenters. The second kappa shape index (κ2) is 12.9. The Morgan fingerprint density at radius 2 is 1.84 bits per heavy atom. The Morgan fingerprint density at radius 1 is 1.14 bits per heavy atom. The number of nitrogens with zero attached hydrogens (tertiary/aromatic N) is 4. The van der Waals surface area contributed by atoms with Crippen molar-refractivity contribution in [1.29, 1.82) is 5.26 Å². The molecule has 228 valence electrons. The Labute approximate surface area is 260 Å². The summed E-state index contributed by atoms with van der Waals surface area (Å²) < 4.78 is 2.04. The number of amides is 2. The fourth-order valence-corrected chi connectivity index (χ4v) is 5.29. The molecule has 0 saturated carbocycles. The number of allylic oxidation sites excluding steroid dienone is 1. The normalized spacial score (nSPS) is 17.0. The molecule has 1 fully saturated rings. The van der Waals surface area contributed by atoms with E-state index in [1.54, 1.807) is 35.2 Å². The highest BCUT2D eigenvalue weighted by molar-refractivity contribution is 6.30. The molecule has 1 aliphatic heterocycles. The summed E-state index contributed by atoms with van der Waals surface area (Å²) in [6, 6.07) is 15.2. The van der Waals surface area contributed by atoms with Crippen LogP contribution in [0.2, 0.25) is 5.02 Å². The number of hydrogen-bond donors (Lipinski definition) is 2. The van der Waals surface area contributed by atoms with Gasteiger partial charge in [-0.3, -0.25) is 14.9 Å². The summed E-state index contributed by atoms with van der Waals surface area (Å²) in [5, 5.41) is 16.9. The molecular formula is C34H43ClN6O2. The summed E-state index contributed by atoms with van der Waals surface area (Å²) in [5.41, 5.74) is 3.19. The number of nitrogens with one attached hydrogen (secondary N) is 2. The minimum atomic E-state index is -0.299. The summed E-state index contributed by atoms with van der Waals surface area (Å²) in [6.07, 6.45) is 3.30. The van der Waals surface area contributed by atoms with Crippen molar-refractivity contribution < 1.29 is 9.59 Å². The number of nitriles is 1. The highest BCUT2D eigenvalue weighted by atomic mass is 35.5. The summed E-state index contributed by atoms with van der Waals surface area (Å²) in [7, 11) is 0. The van der Waals surface area contributed by atoms with E-state index in [1.807, 2.05) is 31.4 Å². The van der Waals surface area contributed by atoms with Crippen molar-refractivity contribution in [2.24, 2.45) is 10.8 Å². The molecule has 2 heterocycles. The van der Waals surface area contributed by atoms with E-state index in [0.29, 0.717) is 42.2 Å². The molecule has 0 radical (unpaired) electrons. The van der Waals surface area contributed by atoms with Crippen molar-refractivity contribution in [3.05, 3.63) is 70.3 Å². The number of halogens is 1. The highest BCUT2D eigenvalue weighted by Crippen LogP contribution is 2.32. The number of rotatable bonds is 7. The number of hydrogen-bond acceptors (Lipinski definition) is 5. The molecular weight excluding hydrogens is 560 g/mol. The molecule has 0 spiro atoms. The molecule has 1 aromatic heterocycles. The maximum absolute atomic E-state index is 13.4. The zero-order valence-electron chi connectivity index (χ0n) is 26.3. The van der Waals surface area contributed by atoms with Gasteiger partial charge in [-0.1, -0.05) is 65.3 Å². The summed E-state index contributed by atoms with van der Waals surface area (Å²) in [5.74, 6) is -0.134. The van der Waals surface area contributed by atoms with Gasteiger partial charge in [0.2, 0.25) is 5.95 Å². The number of piperidine rings is 1. The number of benzene rings is 2. The lowest BCUT2D eigenvalue weighted by Gasteiger charge is -2.34. The Hall–Kier alpha value is -3.67. The van der Waals surface area contributed by atoms with E-state index in [2.05, 4.69) is 56.5 Å². The van der Waals surface area contributed by atoms with Crippen LogP contribution < -0.4 is 10.6 Å². The maximum atomic E-state index is 13.4. The van der Waals surface area contributed by atoms with Crippen molar-refractivity contribution in [2.45, 2.75) is 79.9 Å². The Balaban J connectivity index is 1.69. The monoisotopic (exact) mass is 602 g/mol. The maximum Gasteiger partial charge on any atom is 0.264 e. The molecule has 8 nitrogen and oxygen atoms in total. The minimum Gasteiger partial charge on any atom is -0.336 e. The van der Waals surface area contributed by atoms with Gasteiger partial charge >= 0.3 is 0 Å². The van der Waals surface area contributed by atoms with Gasteiger partial charge in [0.05, 0.1) is 17.1 Å². The molecule has 1 saturated heterocycles. The van der Waals surface area contributed by atoms with Crippen LogP contribution in [0.5, 0.6) is 0 Å². The molecule has 43 heavy (non-hydrogen) atoms. The quantitative estimate of drug-likeness (QED) is 0.221. The van der Waals surface area contributed by atoms with Crippen LogP contribution in [0.25, 0.3) is 11.0 Å². The largest absolute Gasteiger partial charge is 0.336 e. The van der Waals surface area contributed by atoms with Crippen molar-refractivity contribution >= 4 is 40.4 Å². The van der Waals surface area contributed by atoms with E-state index < -0.39 is 0 Å². The number of fused-ring (bicyclic) bond motifs is 1. The lowest BCUT2D eigenvalue weighted by Crippen LogP contribution is -2.41.